The molecule has 0 aliphatic rings. The predicted octanol–water partition coefficient (Wildman–Crippen LogP) is 2.92. The summed E-state index contributed by atoms with van der Waals surface area (Å²) in [5.74, 6) is 0. The smallest absolute Gasteiger partial charge is 0.0882 e. The summed E-state index contributed by atoms with van der Waals surface area (Å²) < 4.78 is 0. The first kappa shape index (κ1) is 9.65. The normalized spacial score (nSPS) is 11.2. The molecule has 0 saturated heterocycles. The first-order valence-corrected chi connectivity index (χ1v) is 4.33. The highest BCUT2D eigenvalue weighted by molar-refractivity contribution is 5.85. The molecule has 1 aromatic heterocycles. The zero-order valence-electron chi connectivity index (χ0n) is 8.28. The number of hydrogen-bond acceptors (Lipinski definition) is 2. The molecule has 1 heterocycles. The van der Waals surface area contributed by atoms with Gasteiger partial charge in [-0.3, -0.25) is 9.98 Å². The van der Waals surface area contributed by atoms with E-state index in [0.717, 1.165) is 17.1 Å². The summed E-state index contributed by atoms with van der Waals surface area (Å²) >= 11 is 0. The molecule has 68 valence electrons. The van der Waals surface area contributed by atoms with Crippen molar-refractivity contribution in [1.82, 2.24) is 4.98 Å². The fourth-order valence-corrected chi connectivity index (χ4v) is 1.02. The van der Waals surface area contributed by atoms with Gasteiger partial charge in [-0.1, -0.05) is 12.1 Å². The van der Waals surface area contributed by atoms with Gasteiger partial charge in [0, 0.05) is 11.9 Å². The average molecular weight is 174 g/mol. The third-order valence-electron chi connectivity index (χ3n) is 1.54. The van der Waals surface area contributed by atoms with Gasteiger partial charge in [0.1, 0.15) is 0 Å². The number of nitrogens with zero attached hydrogens (tertiary/aromatic N) is 2. The van der Waals surface area contributed by atoms with Crippen molar-refractivity contribution in [3.8, 4) is 0 Å². The highest BCUT2D eigenvalue weighted by Crippen LogP contribution is 2.12. The van der Waals surface area contributed by atoms with Gasteiger partial charge in [-0.25, -0.2) is 0 Å². The summed E-state index contributed by atoms with van der Waals surface area (Å²) in [6.45, 7) is 5.93. The molecule has 0 radical (unpaired) electrons. The Labute approximate surface area is 79.0 Å². The third kappa shape index (κ3) is 2.82. The standard InChI is InChI=1S/C11H14N2/c1-4-10(13-9(2)3)11-7-5-6-8-12-11/h4-8H,1-3H3. The summed E-state index contributed by atoms with van der Waals surface area (Å²) in [5.41, 5.74) is 2.89. The summed E-state index contributed by atoms with van der Waals surface area (Å²) in [6.07, 6.45) is 3.74. The Morgan fingerprint density at radius 1 is 1.38 bits per heavy atom. The molecule has 0 aliphatic carbocycles. The second-order valence-corrected chi connectivity index (χ2v) is 2.95. The first-order chi connectivity index (χ1) is 6.24. The van der Waals surface area contributed by atoms with Crippen LogP contribution in [0.4, 0.5) is 0 Å². The molecule has 0 saturated carbocycles. The van der Waals surface area contributed by atoms with Crippen LogP contribution in [0.1, 0.15) is 26.5 Å². The number of aliphatic imine (C=N–C) groups is 1. The highest BCUT2D eigenvalue weighted by Gasteiger charge is 1.97. The van der Waals surface area contributed by atoms with Gasteiger partial charge in [-0.15, -0.1) is 0 Å². The van der Waals surface area contributed by atoms with Crippen LogP contribution in [0, 0.1) is 0 Å². The molecule has 1 aromatic rings. The zero-order valence-corrected chi connectivity index (χ0v) is 8.28. The number of rotatable bonds is 2. The van der Waals surface area contributed by atoms with Crippen molar-refractivity contribution in [3.63, 3.8) is 0 Å². The summed E-state index contributed by atoms with van der Waals surface area (Å²) in [7, 11) is 0. The minimum absolute atomic E-state index is 0.922. The maximum absolute atomic E-state index is 4.38. The largest absolute Gasteiger partial charge is 0.257 e. The van der Waals surface area contributed by atoms with Crippen molar-refractivity contribution in [1.29, 1.82) is 0 Å². The van der Waals surface area contributed by atoms with Gasteiger partial charge in [-0.05, 0) is 32.9 Å². The average Bonchev–Trinajstić information content (AvgIpc) is 2.15. The number of aromatic nitrogens is 1. The van der Waals surface area contributed by atoms with Gasteiger partial charge >= 0.3 is 0 Å². The predicted molar refractivity (Wildman–Crippen MR) is 56.7 cm³/mol. The Morgan fingerprint density at radius 2 is 2.15 bits per heavy atom. The SMILES string of the molecule is CC=C(N=C(C)C)c1ccccn1. The third-order valence-corrected chi connectivity index (χ3v) is 1.54. The molecule has 1 rings (SSSR count). The molecular weight excluding hydrogens is 160 g/mol. The Hall–Kier alpha value is -1.44. The van der Waals surface area contributed by atoms with Crippen LogP contribution in [0.2, 0.25) is 0 Å². The molecular formula is C11H14N2. The number of pyridine rings is 1. The highest BCUT2D eigenvalue weighted by atomic mass is 14.8. The van der Waals surface area contributed by atoms with E-state index < -0.39 is 0 Å². The van der Waals surface area contributed by atoms with E-state index >= 15 is 0 Å². The molecule has 0 spiro atoms. The molecule has 0 unspecified atom stereocenters. The van der Waals surface area contributed by atoms with E-state index in [4.69, 9.17) is 0 Å². The summed E-state index contributed by atoms with van der Waals surface area (Å²) in [6, 6.07) is 5.83. The van der Waals surface area contributed by atoms with Crippen molar-refractivity contribution in [3.05, 3.63) is 36.2 Å². The molecule has 0 amide bonds. The van der Waals surface area contributed by atoms with Crippen LogP contribution in [0.25, 0.3) is 5.70 Å². The maximum atomic E-state index is 4.38. The Morgan fingerprint density at radius 3 is 2.62 bits per heavy atom. The van der Waals surface area contributed by atoms with Crippen molar-refractivity contribution >= 4 is 11.4 Å². The lowest BCUT2D eigenvalue weighted by Crippen LogP contribution is -1.88. The van der Waals surface area contributed by atoms with Crippen molar-refractivity contribution in [2.45, 2.75) is 20.8 Å². The van der Waals surface area contributed by atoms with E-state index in [-0.39, 0.29) is 0 Å². The van der Waals surface area contributed by atoms with Gasteiger partial charge in [0.05, 0.1) is 11.4 Å². The van der Waals surface area contributed by atoms with Crippen molar-refractivity contribution in [2.24, 2.45) is 4.99 Å². The fraction of sp³-hybridized carbons (Fsp3) is 0.273. The minimum atomic E-state index is 0.922. The number of hydrogen-bond donors (Lipinski definition) is 0. The Balaban J connectivity index is 3.00. The molecule has 0 aromatic carbocycles. The Bertz CT molecular complexity index is 319. The van der Waals surface area contributed by atoms with Gasteiger partial charge in [0.15, 0.2) is 0 Å². The van der Waals surface area contributed by atoms with Gasteiger partial charge in [-0.2, -0.15) is 0 Å². The van der Waals surface area contributed by atoms with E-state index in [1.165, 1.54) is 0 Å². The minimum Gasteiger partial charge on any atom is -0.257 e. The van der Waals surface area contributed by atoms with Gasteiger partial charge < -0.3 is 0 Å². The van der Waals surface area contributed by atoms with E-state index in [1.807, 2.05) is 45.0 Å². The molecule has 13 heavy (non-hydrogen) atoms. The molecule has 0 atom stereocenters. The van der Waals surface area contributed by atoms with Crippen LogP contribution in [0.15, 0.2) is 35.5 Å². The maximum Gasteiger partial charge on any atom is 0.0882 e. The van der Waals surface area contributed by atoms with Crippen LogP contribution >= 0.6 is 0 Å². The topological polar surface area (TPSA) is 25.2 Å². The van der Waals surface area contributed by atoms with Crippen LogP contribution < -0.4 is 0 Å². The second-order valence-electron chi connectivity index (χ2n) is 2.95. The fourth-order valence-electron chi connectivity index (χ4n) is 1.02. The molecule has 0 fully saturated rings. The molecule has 2 nitrogen and oxygen atoms in total. The molecule has 2 heteroatoms. The molecule has 0 aliphatic heterocycles. The van der Waals surface area contributed by atoms with Crippen molar-refractivity contribution in [2.75, 3.05) is 0 Å². The van der Waals surface area contributed by atoms with Crippen LogP contribution in [0.3, 0.4) is 0 Å². The van der Waals surface area contributed by atoms with Gasteiger partial charge in [0.2, 0.25) is 0 Å². The monoisotopic (exact) mass is 174 g/mol. The Kier molecular flexibility index (Phi) is 3.38. The lowest BCUT2D eigenvalue weighted by atomic mass is 10.2. The molecule has 0 N–H and O–H groups in total. The van der Waals surface area contributed by atoms with Crippen molar-refractivity contribution < 1.29 is 0 Å². The van der Waals surface area contributed by atoms with Crippen LogP contribution in [-0.4, -0.2) is 10.7 Å². The van der Waals surface area contributed by atoms with E-state index in [2.05, 4.69) is 9.98 Å². The van der Waals surface area contributed by atoms with E-state index in [9.17, 15) is 0 Å². The summed E-state index contributed by atoms with van der Waals surface area (Å²) in [4.78, 5) is 8.61. The summed E-state index contributed by atoms with van der Waals surface area (Å²) in [5, 5.41) is 0. The van der Waals surface area contributed by atoms with E-state index in [1.54, 1.807) is 6.20 Å². The quantitative estimate of drug-likeness (QED) is 0.633. The lowest BCUT2D eigenvalue weighted by Gasteiger charge is -2.00. The first-order valence-electron chi connectivity index (χ1n) is 4.33. The van der Waals surface area contributed by atoms with Crippen LogP contribution in [0.5, 0.6) is 0 Å². The lowest BCUT2D eigenvalue weighted by molar-refractivity contribution is 1.25. The van der Waals surface area contributed by atoms with Gasteiger partial charge in [0.25, 0.3) is 0 Å². The van der Waals surface area contributed by atoms with E-state index in [0.29, 0.717) is 0 Å². The van der Waals surface area contributed by atoms with Crippen LogP contribution in [-0.2, 0) is 0 Å². The zero-order chi connectivity index (χ0) is 9.68. The second kappa shape index (κ2) is 4.55. The molecule has 0 bridgehead atoms. The number of allylic oxidation sites excluding steroid dienone is 1.